The van der Waals surface area contributed by atoms with Crippen LogP contribution in [0.3, 0.4) is 0 Å². The first-order valence-electron chi connectivity index (χ1n) is 7.22. The molecule has 0 spiro atoms. The van der Waals surface area contributed by atoms with Gasteiger partial charge in [0.2, 0.25) is 5.95 Å². The van der Waals surface area contributed by atoms with Gasteiger partial charge in [0.1, 0.15) is 11.6 Å². The Morgan fingerprint density at radius 3 is 2.48 bits per heavy atom. The maximum atomic E-state index is 13.6. The Labute approximate surface area is 150 Å². The molecular formula is C15H16BrF4N5. The summed E-state index contributed by atoms with van der Waals surface area (Å²) in [6.07, 6.45) is -4.62. The van der Waals surface area contributed by atoms with E-state index in [1.54, 1.807) is 0 Å². The molecule has 136 valence electrons. The van der Waals surface area contributed by atoms with E-state index in [1.165, 1.54) is 12.1 Å². The number of likely N-dealkylation sites (N-methyl/N-ethyl adjacent to an activating group) is 1. The maximum Gasteiger partial charge on any atom is 0.433 e. The summed E-state index contributed by atoms with van der Waals surface area (Å²) in [5, 5.41) is 5.41. The fourth-order valence-electron chi connectivity index (χ4n) is 1.85. The van der Waals surface area contributed by atoms with Crippen molar-refractivity contribution in [2.45, 2.75) is 6.18 Å². The van der Waals surface area contributed by atoms with Crippen molar-refractivity contribution in [2.24, 2.45) is 0 Å². The summed E-state index contributed by atoms with van der Waals surface area (Å²) in [6.45, 7) is 0.973. The number of aromatic nitrogens is 2. The second-order valence-corrected chi connectivity index (χ2v) is 6.30. The molecule has 0 saturated heterocycles. The first-order chi connectivity index (χ1) is 11.6. The Bertz CT molecular complexity index is 736. The highest BCUT2D eigenvalue weighted by molar-refractivity contribution is 9.10. The molecule has 2 rings (SSSR count). The van der Waals surface area contributed by atoms with Crippen LogP contribution in [0, 0.1) is 5.82 Å². The van der Waals surface area contributed by atoms with Crippen LogP contribution in [0.1, 0.15) is 5.69 Å². The minimum Gasteiger partial charge on any atom is -0.353 e. The Morgan fingerprint density at radius 2 is 1.88 bits per heavy atom. The molecule has 0 aliphatic heterocycles. The number of halogens is 5. The highest BCUT2D eigenvalue weighted by Crippen LogP contribution is 2.30. The molecule has 25 heavy (non-hydrogen) atoms. The highest BCUT2D eigenvalue weighted by atomic mass is 79.9. The zero-order chi connectivity index (χ0) is 18.6. The summed E-state index contributed by atoms with van der Waals surface area (Å²) < 4.78 is 52.9. The topological polar surface area (TPSA) is 53.1 Å². The van der Waals surface area contributed by atoms with Crippen LogP contribution >= 0.6 is 15.9 Å². The zero-order valence-electron chi connectivity index (χ0n) is 13.5. The van der Waals surface area contributed by atoms with E-state index < -0.39 is 17.7 Å². The van der Waals surface area contributed by atoms with Gasteiger partial charge in [0.15, 0.2) is 5.69 Å². The SMILES string of the molecule is CN(C)CCNc1nc(Nc2ccc(Br)c(F)c2)cc(C(F)(F)F)n1. The van der Waals surface area contributed by atoms with Crippen LogP contribution in [0.2, 0.25) is 0 Å². The number of anilines is 3. The summed E-state index contributed by atoms with van der Waals surface area (Å²) in [7, 11) is 3.67. The Hall–Kier alpha value is -1.94. The Balaban J connectivity index is 2.27. The quantitative estimate of drug-likeness (QED) is 0.687. The van der Waals surface area contributed by atoms with Gasteiger partial charge >= 0.3 is 6.18 Å². The number of benzene rings is 1. The molecule has 1 heterocycles. The van der Waals surface area contributed by atoms with Crippen LogP contribution in [0.25, 0.3) is 0 Å². The number of hydrogen-bond acceptors (Lipinski definition) is 5. The molecule has 0 saturated carbocycles. The molecule has 1 aromatic carbocycles. The number of rotatable bonds is 6. The molecular weight excluding hydrogens is 406 g/mol. The second-order valence-electron chi connectivity index (χ2n) is 5.44. The molecule has 1 aromatic heterocycles. The van der Waals surface area contributed by atoms with Gasteiger partial charge in [-0.3, -0.25) is 0 Å². The van der Waals surface area contributed by atoms with Crippen molar-refractivity contribution in [3.63, 3.8) is 0 Å². The molecule has 0 radical (unpaired) electrons. The van der Waals surface area contributed by atoms with E-state index in [2.05, 4.69) is 36.5 Å². The van der Waals surface area contributed by atoms with E-state index >= 15 is 0 Å². The molecule has 0 unspecified atom stereocenters. The second kappa shape index (κ2) is 7.96. The van der Waals surface area contributed by atoms with Crippen molar-refractivity contribution in [3.05, 3.63) is 40.2 Å². The molecule has 2 aromatic rings. The summed E-state index contributed by atoms with van der Waals surface area (Å²) in [6, 6.07) is 4.89. The van der Waals surface area contributed by atoms with Crippen molar-refractivity contribution >= 4 is 33.4 Å². The van der Waals surface area contributed by atoms with E-state index in [0.717, 1.165) is 12.1 Å². The highest BCUT2D eigenvalue weighted by Gasteiger charge is 2.33. The lowest BCUT2D eigenvalue weighted by Gasteiger charge is -2.14. The number of nitrogens with one attached hydrogen (secondary N) is 2. The van der Waals surface area contributed by atoms with Gasteiger partial charge in [-0.25, -0.2) is 9.37 Å². The van der Waals surface area contributed by atoms with E-state index in [1.807, 2.05) is 19.0 Å². The molecule has 0 fully saturated rings. The average Bonchev–Trinajstić information content (AvgIpc) is 2.49. The monoisotopic (exact) mass is 421 g/mol. The van der Waals surface area contributed by atoms with Crippen molar-refractivity contribution in [2.75, 3.05) is 37.8 Å². The predicted octanol–water partition coefficient (Wildman–Crippen LogP) is 4.11. The van der Waals surface area contributed by atoms with Gasteiger partial charge in [-0.15, -0.1) is 0 Å². The zero-order valence-corrected chi connectivity index (χ0v) is 15.0. The van der Waals surface area contributed by atoms with E-state index in [4.69, 9.17) is 0 Å². The Kier molecular flexibility index (Phi) is 6.17. The van der Waals surface area contributed by atoms with Crippen LogP contribution in [-0.4, -0.2) is 42.1 Å². The average molecular weight is 422 g/mol. The van der Waals surface area contributed by atoms with Crippen molar-refractivity contribution < 1.29 is 17.6 Å². The third-order valence-electron chi connectivity index (χ3n) is 3.05. The largest absolute Gasteiger partial charge is 0.433 e. The number of alkyl halides is 3. The fourth-order valence-corrected chi connectivity index (χ4v) is 2.10. The summed E-state index contributed by atoms with van der Waals surface area (Å²) >= 11 is 3.01. The summed E-state index contributed by atoms with van der Waals surface area (Å²) in [5.41, 5.74) is -0.818. The smallest absolute Gasteiger partial charge is 0.353 e. The van der Waals surface area contributed by atoms with Crippen molar-refractivity contribution in [3.8, 4) is 0 Å². The minimum atomic E-state index is -4.62. The number of nitrogens with zero attached hydrogens (tertiary/aromatic N) is 3. The van der Waals surface area contributed by atoms with Gasteiger partial charge in [0.25, 0.3) is 0 Å². The molecule has 10 heteroatoms. The number of hydrogen-bond donors (Lipinski definition) is 2. The lowest BCUT2D eigenvalue weighted by Crippen LogP contribution is -2.22. The van der Waals surface area contributed by atoms with Crippen LogP contribution in [0.15, 0.2) is 28.7 Å². The van der Waals surface area contributed by atoms with Gasteiger partial charge < -0.3 is 15.5 Å². The molecule has 0 atom stereocenters. The third-order valence-corrected chi connectivity index (χ3v) is 3.69. The lowest BCUT2D eigenvalue weighted by atomic mass is 10.3. The molecule has 0 bridgehead atoms. The van der Waals surface area contributed by atoms with Crippen molar-refractivity contribution in [1.29, 1.82) is 0 Å². The lowest BCUT2D eigenvalue weighted by molar-refractivity contribution is -0.141. The molecule has 2 N–H and O–H groups in total. The van der Waals surface area contributed by atoms with Crippen molar-refractivity contribution in [1.82, 2.24) is 14.9 Å². The summed E-state index contributed by atoms with van der Waals surface area (Å²) in [5.74, 6) is -0.785. The predicted molar refractivity (Wildman–Crippen MR) is 91.5 cm³/mol. The minimum absolute atomic E-state index is 0.0867. The van der Waals surface area contributed by atoms with Gasteiger partial charge in [-0.1, -0.05) is 0 Å². The van der Waals surface area contributed by atoms with Gasteiger partial charge in [0.05, 0.1) is 4.47 Å². The van der Waals surface area contributed by atoms with Crippen LogP contribution in [0.4, 0.5) is 35.0 Å². The van der Waals surface area contributed by atoms with E-state index in [-0.39, 0.29) is 21.9 Å². The Morgan fingerprint density at radius 1 is 1.16 bits per heavy atom. The standard InChI is InChI=1S/C15H16BrF4N5/c1-25(2)6-5-21-14-23-12(15(18,19)20)8-13(24-14)22-9-3-4-10(16)11(17)7-9/h3-4,7-8H,5-6H2,1-2H3,(H2,21,22,23,24). The maximum absolute atomic E-state index is 13.6. The molecule has 0 aliphatic rings. The van der Waals surface area contributed by atoms with Crippen LogP contribution < -0.4 is 10.6 Å². The fraction of sp³-hybridized carbons (Fsp3) is 0.333. The van der Waals surface area contributed by atoms with Gasteiger partial charge in [-0.05, 0) is 48.2 Å². The van der Waals surface area contributed by atoms with Gasteiger partial charge in [-0.2, -0.15) is 18.2 Å². The van der Waals surface area contributed by atoms with Gasteiger partial charge in [0, 0.05) is 24.8 Å². The first kappa shape index (κ1) is 19.4. The van der Waals surface area contributed by atoms with Crippen LogP contribution in [0.5, 0.6) is 0 Å². The van der Waals surface area contributed by atoms with E-state index in [9.17, 15) is 17.6 Å². The third kappa shape index (κ3) is 5.82. The molecule has 0 aliphatic carbocycles. The molecule has 0 amide bonds. The normalized spacial score (nSPS) is 11.7. The first-order valence-corrected chi connectivity index (χ1v) is 8.01. The summed E-state index contributed by atoms with van der Waals surface area (Å²) in [4.78, 5) is 9.36. The van der Waals surface area contributed by atoms with E-state index in [0.29, 0.717) is 13.1 Å². The van der Waals surface area contributed by atoms with Crippen LogP contribution in [-0.2, 0) is 6.18 Å². The molecule has 5 nitrogen and oxygen atoms in total.